The molecule has 0 aliphatic heterocycles. The molecule has 0 saturated carbocycles. The number of aldehydes is 1. The van der Waals surface area contributed by atoms with Gasteiger partial charge < -0.3 is 26.1 Å². The van der Waals surface area contributed by atoms with Crippen molar-refractivity contribution in [3.05, 3.63) is 12.3 Å². The van der Waals surface area contributed by atoms with E-state index in [4.69, 9.17) is 9.90 Å². The van der Waals surface area contributed by atoms with E-state index in [1.54, 1.807) is 0 Å². The van der Waals surface area contributed by atoms with Gasteiger partial charge in [-0.05, 0) is 38.5 Å². The molecule has 0 aromatic rings. The van der Waals surface area contributed by atoms with Crippen molar-refractivity contribution in [2.75, 3.05) is 6.54 Å². The number of aliphatic hydroxyl groups excluding tert-OH is 1. The van der Waals surface area contributed by atoms with E-state index >= 15 is 0 Å². The van der Waals surface area contributed by atoms with Crippen LogP contribution in [-0.4, -0.2) is 49.2 Å². The Hall–Kier alpha value is -2.32. The Morgan fingerprint density at radius 3 is 1.51 bits per heavy atom. The number of primary amides is 1. The van der Waals surface area contributed by atoms with Crippen molar-refractivity contribution >= 4 is 32.4 Å². The lowest BCUT2D eigenvalue weighted by Gasteiger charge is -2.12. The van der Waals surface area contributed by atoms with E-state index in [1.165, 1.54) is 90.3 Å². The van der Waals surface area contributed by atoms with Crippen LogP contribution in [0.2, 0.25) is 6.82 Å². The summed E-state index contributed by atoms with van der Waals surface area (Å²) < 4.78 is 0. The van der Waals surface area contributed by atoms with Crippen LogP contribution in [0, 0.1) is 11.8 Å². The van der Waals surface area contributed by atoms with Crippen molar-refractivity contribution in [3.8, 4) is 0 Å². The summed E-state index contributed by atoms with van der Waals surface area (Å²) in [6.45, 7) is 7.70. The number of nitrogens with two attached hydrogens (primary N) is 1. The number of allylic oxidation sites excluding steroid dienone is 1. The first-order valence-corrected chi connectivity index (χ1v) is 17.9. The van der Waals surface area contributed by atoms with Gasteiger partial charge in [-0.25, -0.2) is 0 Å². The van der Waals surface area contributed by atoms with Gasteiger partial charge in [0.05, 0.1) is 19.5 Å². The normalized spacial score (nSPS) is 11.6. The highest BCUT2D eigenvalue weighted by molar-refractivity contribution is 6.05. The average molecular weight is 637 g/mol. The fourth-order valence-corrected chi connectivity index (χ4v) is 5.39. The summed E-state index contributed by atoms with van der Waals surface area (Å²) in [5.74, 6) is -0.831. The molecule has 0 aromatic heterocycles. The van der Waals surface area contributed by atoms with Crippen LogP contribution in [0.15, 0.2) is 12.3 Å². The van der Waals surface area contributed by atoms with Gasteiger partial charge in [-0.15, -0.1) is 0 Å². The molecule has 0 rings (SSSR count). The molecule has 2 radical (unpaired) electrons. The molecule has 2 amide bonds. The number of amides is 2. The number of aliphatic carboxylic acids is 1. The van der Waals surface area contributed by atoms with E-state index in [9.17, 15) is 19.5 Å². The first-order chi connectivity index (χ1) is 21.8. The monoisotopic (exact) mass is 637 g/mol. The van der Waals surface area contributed by atoms with Gasteiger partial charge in [0.15, 0.2) is 0 Å². The molecule has 5 N–H and O–H groups in total. The van der Waals surface area contributed by atoms with Gasteiger partial charge in [-0.2, -0.15) is 0 Å². The maximum atomic E-state index is 12.1. The van der Waals surface area contributed by atoms with Crippen molar-refractivity contribution in [1.29, 1.82) is 0 Å². The van der Waals surface area contributed by atoms with E-state index in [0.29, 0.717) is 25.1 Å². The Bertz CT molecular complexity index is 692. The van der Waals surface area contributed by atoms with Gasteiger partial charge in [0.2, 0.25) is 12.3 Å². The number of carbonyl (C=O) groups excluding carboxylic acids is 3. The second kappa shape index (κ2) is 39.7. The van der Waals surface area contributed by atoms with E-state index in [1.807, 2.05) is 0 Å². The highest BCUT2D eigenvalue weighted by Crippen LogP contribution is 2.19. The number of rotatable bonds is 31. The highest BCUT2D eigenvalue weighted by Gasteiger charge is 2.18. The fourth-order valence-electron chi connectivity index (χ4n) is 5.39. The van der Waals surface area contributed by atoms with Crippen molar-refractivity contribution in [2.24, 2.45) is 17.6 Å². The summed E-state index contributed by atoms with van der Waals surface area (Å²) in [5.41, 5.74) is 4.17. The van der Waals surface area contributed by atoms with Crippen molar-refractivity contribution in [3.63, 3.8) is 0 Å². The molecule has 45 heavy (non-hydrogen) atoms. The van der Waals surface area contributed by atoms with Crippen LogP contribution >= 0.6 is 0 Å². The zero-order valence-corrected chi connectivity index (χ0v) is 29.1. The lowest BCUT2D eigenvalue weighted by atomic mass is 9.95. The number of hydrogen-bond acceptors (Lipinski definition) is 5. The van der Waals surface area contributed by atoms with Crippen LogP contribution in [0.4, 0.5) is 0 Å². The second-order valence-electron chi connectivity index (χ2n) is 12.0. The third-order valence-electron chi connectivity index (χ3n) is 8.01. The van der Waals surface area contributed by atoms with Crippen molar-refractivity contribution in [2.45, 2.75) is 174 Å². The summed E-state index contributed by atoms with van der Waals surface area (Å²) in [7, 11) is 4.50. The first-order valence-electron chi connectivity index (χ1n) is 17.9. The molecule has 0 bridgehead atoms. The summed E-state index contributed by atoms with van der Waals surface area (Å²) in [4.78, 5) is 43.3. The Balaban J connectivity index is -0.00000331. The first kappa shape index (κ1) is 47.1. The summed E-state index contributed by atoms with van der Waals surface area (Å²) in [6, 6.07) is 0. The van der Waals surface area contributed by atoms with Gasteiger partial charge in [-0.3, -0.25) is 14.4 Å². The molecule has 0 heterocycles. The van der Waals surface area contributed by atoms with Gasteiger partial charge in [0.25, 0.3) is 0 Å². The molecule has 9 heteroatoms. The van der Waals surface area contributed by atoms with Gasteiger partial charge in [0.1, 0.15) is 6.29 Å². The number of unbranched alkanes of at least 4 members (excludes halogenated alkanes) is 16. The van der Waals surface area contributed by atoms with Crippen molar-refractivity contribution < 1.29 is 29.4 Å². The molecule has 262 valence electrons. The Morgan fingerprint density at radius 2 is 1.11 bits per heavy atom. The van der Waals surface area contributed by atoms with E-state index in [0.717, 1.165) is 64.1 Å². The maximum absolute atomic E-state index is 12.1. The van der Waals surface area contributed by atoms with Gasteiger partial charge >= 0.3 is 5.97 Å². The summed E-state index contributed by atoms with van der Waals surface area (Å²) in [5, 5.41) is 21.5. The van der Waals surface area contributed by atoms with Crippen LogP contribution < -0.4 is 11.1 Å². The minimum Gasteiger partial charge on any atom is -0.513 e. The zero-order chi connectivity index (χ0) is 34.4. The Kier molecular flexibility index (Phi) is 41.6. The lowest BCUT2D eigenvalue weighted by Crippen LogP contribution is -2.26. The molecule has 0 aliphatic carbocycles. The number of hydrogen-bond donors (Lipinski definition) is 4. The van der Waals surface area contributed by atoms with Crippen LogP contribution in [-0.2, 0) is 19.2 Å². The molecule has 0 spiro atoms. The SMILES string of the molecule is C=C(O)CCCCCCCCCCCCCCCCCCC(CCC(=O)NCCCCC(C=O)CCC)C(=O)O.NC=O.[B]C. The number of nitrogens with one attached hydrogen (secondary N) is 1. The topological polar surface area (TPSA) is 147 Å². The molecule has 2 atom stereocenters. The molecule has 8 nitrogen and oxygen atoms in total. The molecule has 0 fully saturated rings. The molecule has 2 unspecified atom stereocenters. The molecular weight excluding hydrogens is 567 g/mol. The van der Waals surface area contributed by atoms with Crippen LogP contribution in [0.3, 0.4) is 0 Å². The second-order valence-corrected chi connectivity index (χ2v) is 12.0. The van der Waals surface area contributed by atoms with Crippen LogP contribution in [0.1, 0.15) is 167 Å². The molecular formula is C36H69BN2O6. The zero-order valence-electron chi connectivity index (χ0n) is 29.1. The van der Waals surface area contributed by atoms with E-state index < -0.39 is 11.9 Å². The largest absolute Gasteiger partial charge is 0.513 e. The summed E-state index contributed by atoms with van der Waals surface area (Å²) >= 11 is 0. The van der Waals surface area contributed by atoms with E-state index in [-0.39, 0.29) is 24.7 Å². The quantitative estimate of drug-likeness (QED) is 0.0259. The number of carboxylic acid groups (broad SMARTS) is 1. The standard InChI is InChI=1S/C34H63NO5.CH3B.CH3NO/c1-3-22-31(29-36)24-20-21-28-35-33(38)27-26-32(34(39)40)25-19-17-15-13-11-9-7-5-4-6-8-10-12-14-16-18-23-30(2)37;1-2;2-1-3/h29,31-32,37H,2-28H2,1H3,(H,35,38)(H,39,40);1H3;1H,(H2,2,3). The third-order valence-corrected chi connectivity index (χ3v) is 8.01. The van der Waals surface area contributed by atoms with Crippen LogP contribution in [0.5, 0.6) is 0 Å². The molecule has 0 aromatic carbocycles. The number of aliphatic hydroxyl groups is 1. The molecule has 0 saturated heterocycles. The average Bonchev–Trinajstić information content (AvgIpc) is 3.02. The number of carboxylic acids is 1. The van der Waals surface area contributed by atoms with Gasteiger partial charge in [-0.1, -0.05) is 129 Å². The number of carbonyl (C=O) groups is 4. The summed E-state index contributed by atoms with van der Waals surface area (Å²) in [6.07, 6.45) is 27.8. The smallest absolute Gasteiger partial charge is 0.306 e. The predicted molar refractivity (Wildman–Crippen MR) is 188 cm³/mol. The Morgan fingerprint density at radius 1 is 0.689 bits per heavy atom. The minimum atomic E-state index is -0.784. The maximum Gasteiger partial charge on any atom is 0.306 e. The van der Waals surface area contributed by atoms with Crippen molar-refractivity contribution in [1.82, 2.24) is 5.32 Å². The Labute approximate surface area is 277 Å². The fraction of sp³-hybridized carbons (Fsp3) is 0.833. The molecule has 0 aliphatic rings. The highest BCUT2D eigenvalue weighted by atomic mass is 16.4. The lowest BCUT2D eigenvalue weighted by molar-refractivity contribution is -0.142. The van der Waals surface area contributed by atoms with Gasteiger partial charge in [0, 0.05) is 25.3 Å². The minimum absolute atomic E-state index is 0.0655. The van der Waals surface area contributed by atoms with E-state index in [2.05, 4.69) is 32.4 Å². The van der Waals surface area contributed by atoms with Crippen LogP contribution in [0.25, 0.3) is 0 Å². The third kappa shape index (κ3) is 39.7. The predicted octanol–water partition coefficient (Wildman–Crippen LogP) is 8.77.